The van der Waals surface area contributed by atoms with E-state index >= 15 is 0 Å². The van der Waals surface area contributed by atoms with Gasteiger partial charge < -0.3 is 23.8 Å². The van der Waals surface area contributed by atoms with Crippen molar-refractivity contribution in [2.75, 3.05) is 28.4 Å². The van der Waals surface area contributed by atoms with Crippen molar-refractivity contribution in [2.24, 2.45) is 23.7 Å². The number of rotatable bonds is 10. The first-order valence-electron chi connectivity index (χ1n) is 16.6. The minimum Gasteiger partial charge on any atom is -0.595 e. The Morgan fingerprint density at radius 3 is 1.30 bits per heavy atom. The molecule has 3 aliphatic carbocycles. The average Bonchev–Trinajstić information content (AvgIpc) is 3.82. The summed E-state index contributed by atoms with van der Waals surface area (Å²) in [6.45, 7) is 0. The lowest BCUT2D eigenvalue weighted by molar-refractivity contribution is -0.177. The van der Waals surface area contributed by atoms with E-state index in [1.807, 2.05) is 54.6 Å². The number of hydrogen-bond donors (Lipinski definition) is 0. The standard InChI is InChI=1S/C38H45O7P/c1-42-31-18-10-19-32(43-2)35(31)27-16-9-17-28(36-33(44-3)20-11-21-34(36)45-4)37(27)38(46(40)41)29(24-12-5-6-13-24)22-26(39)23-30(38)25-14-7-8-15-25/h9-11,16-21,24-25,29-30H,5-8,12-15,22-23H2,1-4H3. The second kappa shape index (κ2) is 13.8. The van der Waals surface area contributed by atoms with E-state index in [2.05, 4.69) is 0 Å². The Morgan fingerprint density at radius 2 is 0.978 bits per heavy atom. The van der Waals surface area contributed by atoms with Crippen LogP contribution in [0.2, 0.25) is 0 Å². The number of ether oxygens (including phenoxy) is 4. The summed E-state index contributed by atoms with van der Waals surface area (Å²) in [7, 11) is 3.39. The molecule has 0 saturated heterocycles. The molecule has 6 rings (SSSR count). The maximum absolute atomic E-state index is 14.7. The van der Waals surface area contributed by atoms with Crippen molar-refractivity contribution < 1.29 is 33.2 Å². The molecule has 0 amide bonds. The van der Waals surface area contributed by atoms with Gasteiger partial charge in [-0.1, -0.05) is 60.6 Å². The molecule has 3 aromatic rings. The highest BCUT2D eigenvalue weighted by atomic mass is 31.1. The van der Waals surface area contributed by atoms with Crippen LogP contribution in [0.25, 0.3) is 22.3 Å². The number of hydrogen-bond acceptors (Lipinski definition) is 7. The SMILES string of the molecule is COc1cccc(OC)c1-c1cccc(-c2c(OC)cccc2OC)c1C1([P+](=O)[O-])C(C2CCCC2)CC(=O)CC1C1CCCC1. The number of carbonyl (C=O) groups excluding carboxylic acids is 1. The van der Waals surface area contributed by atoms with Crippen LogP contribution < -0.4 is 23.8 Å². The summed E-state index contributed by atoms with van der Waals surface area (Å²) in [6.07, 6.45) is 8.40. The molecule has 0 bridgehead atoms. The summed E-state index contributed by atoms with van der Waals surface area (Å²) in [5, 5.41) is -1.32. The predicted molar refractivity (Wildman–Crippen MR) is 178 cm³/mol. The number of benzene rings is 3. The van der Waals surface area contributed by atoms with E-state index in [-0.39, 0.29) is 42.3 Å². The highest BCUT2D eigenvalue weighted by molar-refractivity contribution is 7.38. The van der Waals surface area contributed by atoms with E-state index in [0.717, 1.165) is 62.5 Å². The molecule has 8 heteroatoms. The van der Waals surface area contributed by atoms with E-state index in [1.165, 1.54) is 0 Å². The highest BCUT2D eigenvalue weighted by Crippen LogP contribution is 2.68. The van der Waals surface area contributed by atoms with Crippen molar-refractivity contribution >= 4 is 13.8 Å². The van der Waals surface area contributed by atoms with Crippen molar-refractivity contribution in [3.63, 3.8) is 0 Å². The van der Waals surface area contributed by atoms with E-state index in [9.17, 15) is 14.3 Å². The number of ketones is 1. The van der Waals surface area contributed by atoms with Gasteiger partial charge in [-0.2, -0.15) is 0 Å². The van der Waals surface area contributed by atoms with Gasteiger partial charge in [0.2, 0.25) is 0 Å². The lowest BCUT2D eigenvalue weighted by atomic mass is 9.57. The molecule has 3 saturated carbocycles. The first-order chi connectivity index (χ1) is 22.4. The summed E-state index contributed by atoms with van der Waals surface area (Å²) in [6, 6.07) is 17.2. The molecule has 0 radical (unpaired) electrons. The molecular weight excluding hydrogens is 599 g/mol. The maximum atomic E-state index is 14.7. The highest BCUT2D eigenvalue weighted by Gasteiger charge is 2.65. The van der Waals surface area contributed by atoms with Gasteiger partial charge in [-0.05, 0) is 72.9 Å². The fourth-order valence-corrected chi connectivity index (χ4v) is 10.9. The van der Waals surface area contributed by atoms with Crippen molar-refractivity contribution in [3.05, 3.63) is 60.2 Å². The molecule has 0 spiro atoms. The van der Waals surface area contributed by atoms with Crippen molar-refractivity contribution in [1.82, 2.24) is 0 Å². The quantitative estimate of drug-likeness (QED) is 0.205. The maximum Gasteiger partial charge on any atom is 0.320 e. The van der Waals surface area contributed by atoms with E-state index < -0.39 is 13.2 Å². The monoisotopic (exact) mass is 644 g/mol. The Labute approximate surface area is 273 Å². The molecule has 0 aliphatic heterocycles. The van der Waals surface area contributed by atoms with E-state index in [0.29, 0.717) is 39.7 Å². The zero-order chi connectivity index (χ0) is 32.4. The Hall–Kier alpha value is -3.41. The third-order valence-electron chi connectivity index (χ3n) is 11.1. The second-order valence-electron chi connectivity index (χ2n) is 13.1. The summed E-state index contributed by atoms with van der Waals surface area (Å²) >= 11 is 0. The molecule has 3 fully saturated rings. The Morgan fingerprint density at radius 1 is 0.630 bits per heavy atom. The largest absolute Gasteiger partial charge is 0.595 e. The number of carbonyl (C=O) groups is 1. The molecule has 7 nitrogen and oxygen atoms in total. The van der Waals surface area contributed by atoms with Gasteiger partial charge in [-0.15, -0.1) is 0 Å². The van der Waals surface area contributed by atoms with Crippen LogP contribution in [0.3, 0.4) is 0 Å². The summed E-state index contributed by atoms with van der Waals surface area (Å²) in [4.78, 5) is 28.5. The van der Waals surface area contributed by atoms with Gasteiger partial charge in [-0.25, -0.2) is 0 Å². The fraction of sp³-hybridized carbons (Fsp3) is 0.500. The minimum atomic E-state index is -3.09. The van der Waals surface area contributed by atoms with Gasteiger partial charge in [0.05, 0.1) is 39.6 Å². The third kappa shape index (κ3) is 5.40. The predicted octanol–water partition coefficient (Wildman–Crippen LogP) is 8.33. The Balaban J connectivity index is 1.81. The van der Waals surface area contributed by atoms with Crippen LogP contribution in [-0.4, -0.2) is 34.2 Å². The average molecular weight is 645 g/mol. The van der Waals surface area contributed by atoms with Crippen LogP contribution >= 0.6 is 8.03 Å². The zero-order valence-corrected chi connectivity index (χ0v) is 28.3. The van der Waals surface area contributed by atoms with E-state index in [1.54, 1.807) is 28.4 Å². The fourth-order valence-electron chi connectivity index (χ4n) is 9.30. The van der Waals surface area contributed by atoms with Crippen LogP contribution in [0.5, 0.6) is 23.0 Å². The molecule has 0 heterocycles. The lowest BCUT2D eigenvalue weighted by Crippen LogP contribution is -2.52. The molecule has 244 valence electrons. The Kier molecular flexibility index (Phi) is 9.72. The summed E-state index contributed by atoms with van der Waals surface area (Å²) < 4.78 is 38.5. The van der Waals surface area contributed by atoms with Crippen molar-refractivity contribution in [1.29, 1.82) is 0 Å². The van der Waals surface area contributed by atoms with E-state index in [4.69, 9.17) is 18.9 Å². The third-order valence-corrected chi connectivity index (χ3v) is 12.6. The van der Waals surface area contributed by atoms with Gasteiger partial charge in [0.1, 0.15) is 28.8 Å². The van der Waals surface area contributed by atoms with Crippen LogP contribution in [0.4, 0.5) is 0 Å². The van der Waals surface area contributed by atoms with Crippen LogP contribution in [0, 0.1) is 23.7 Å². The van der Waals surface area contributed by atoms with Crippen molar-refractivity contribution in [2.45, 2.75) is 69.4 Å². The number of Topliss-reactive ketones (excluding diaryl/α,β-unsaturated/α-hetero) is 1. The van der Waals surface area contributed by atoms with Crippen molar-refractivity contribution in [3.8, 4) is 45.3 Å². The topological polar surface area (TPSA) is 94.1 Å². The normalized spacial score (nSPS) is 24.2. The van der Waals surface area contributed by atoms with Gasteiger partial charge in [0.25, 0.3) is 0 Å². The van der Waals surface area contributed by atoms with Crippen LogP contribution in [0.1, 0.15) is 69.8 Å². The molecular formula is C38H45O7P. The summed E-state index contributed by atoms with van der Waals surface area (Å²) in [5.41, 5.74) is 3.57. The second-order valence-corrected chi connectivity index (χ2v) is 14.4. The summed E-state index contributed by atoms with van der Waals surface area (Å²) in [5.74, 6) is 2.07. The van der Waals surface area contributed by atoms with Gasteiger partial charge in [0, 0.05) is 30.2 Å². The first-order valence-corrected chi connectivity index (χ1v) is 17.8. The van der Waals surface area contributed by atoms with Crippen LogP contribution in [0.15, 0.2) is 54.6 Å². The number of methoxy groups -OCH3 is 4. The molecule has 3 aliphatic rings. The first kappa shape index (κ1) is 32.5. The molecule has 0 aromatic heterocycles. The zero-order valence-electron chi connectivity index (χ0n) is 27.4. The molecule has 46 heavy (non-hydrogen) atoms. The molecule has 3 unspecified atom stereocenters. The molecule has 3 aromatic carbocycles. The van der Waals surface area contributed by atoms with Crippen LogP contribution in [-0.2, 0) is 14.5 Å². The molecule has 3 atom stereocenters. The van der Waals surface area contributed by atoms with Gasteiger partial charge >= 0.3 is 8.03 Å². The Bertz CT molecular complexity index is 1440. The minimum absolute atomic E-state index is 0.126. The smallest absolute Gasteiger partial charge is 0.320 e. The van der Waals surface area contributed by atoms with Gasteiger partial charge in [0.15, 0.2) is 5.16 Å². The lowest BCUT2D eigenvalue weighted by Gasteiger charge is -2.49. The van der Waals surface area contributed by atoms with Gasteiger partial charge in [-0.3, -0.25) is 4.79 Å². The molecule has 0 N–H and O–H groups in total.